The molecule has 2 saturated heterocycles. The first-order valence-corrected chi connectivity index (χ1v) is 5.01. The first kappa shape index (κ1) is 9.00. The van der Waals surface area contributed by atoms with Crippen LogP contribution >= 0.6 is 0 Å². The normalized spacial score (nSPS) is 38.9. The van der Waals surface area contributed by atoms with Crippen LogP contribution in [-0.2, 0) is 9.53 Å². The second kappa shape index (κ2) is 2.71. The van der Waals surface area contributed by atoms with Gasteiger partial charge in [0.2, 0.25) is 5.91 Å². The minimum Gasteiger partial charge on any atom is -0.354 e. The predicted molar refractivity (Wildman–Crippen MR) is 49.1 cm³/mol. The first-order chi connectivity index (χ1) is 6.04. The van der Waals surface area contributed by atoms with E-state index in [9.17, 15) is 4.79 Å². The fraction of sp³-hybridized carbons (Fsp3) is 0.900. The second-order valence-corrected chi connectivity index (χ2v) is 4.56. The van der Waals surface area contributed by atoms with E-state index in [2.05, 4.69) is 13.8 Å². The van der Waals surface area contributed by atoms with Crippen LogP contribution in [0.2, 0.25) is 0 Å². The summed E-state index contributed by atoms with van der Waals surface area (Å²) < 4.78 is 5.71. The van der Waals surface area contributed by atoms with Crippen molar-refractivity contribution in [3.8, 4) is 0 Å². The summed E-state index contributed by atoms with van der Waals surface area (Å²) in [6, 6.07) is 0.292. The lowest BCUT2D eigenvalue weighted by atomic mass is 10.0. The molecule has 1 unspecified atom stereocenters. The Labute approximate surface area is 79.0 Å². The van der Waals surface area contributed by atoms with Crippen molar-refractivity contribution in [1.29, 1.82) is 0 Å². The van der Waals surface area contributed by atoms with E-state index in [0.717, 1.165) is 6.42 Å². The molecule has 3 nitrogen and oxygen atoms in total. The molecule has 0 aromatic carbocycles. The van der Waals surface area contributed by atoms with Gasteiger partial charge in [0.05, 0.1) is 12.6 Å². The molecule has 2 fully saturated rings. The van der Waals surface area contributed by atoms with E-state index in [1.807, 2.05) is 11.8 Å². The smallest absolute Gasteiger partial charge is 0.225 e. The number of fused-ring (bicyclic) bond motifs is 1. The van der Waals surface area contributed by atoms with Crippen molar-refractivity contribution >= 4 is 5.91 Å². The molecule has 2 heterocycles. The zero-order valence-electron chi connectivity index (χ0n) is 8.54. The maximum absolute atomic E-state index is 11.6. The van der Waals surface area contributed by atoms with E-state index in [0.29, 0.717) is 25.0 Å². The van der Waals surface area contributed by atoms with Gasteiger partial charge in [-0.2, -0.15) is 0 Å². The minimum atomic E-state index is -0.286. The average molecular weight is 183 g/mol. The van der Waals surface area contributed by atoms with Crippen molar-refractivity contribution < 1.29 is 9.53 Å². The summed E-state index contributed by atoms with van der Waals surface area (Å²) in [5.41, 5.74) is -0.286. The Morgan fingerprint density at radius 2 is 2.31 bits per heavy atom. The van der Waals surface area contributed by atoms with Gasteiger partial charge in [0.15, 0.2) is 0 Å². The van der Waals surface area contributed by atoms with Gasteiger partial charge in [0.1, 0.15) is 5.72 Å². The van der Waals surface area contributed by atoms with E-state index in [1.54, 1.807) is 0 Å². The molecule has 2 rings (SSSR count). The Kier molecular flexibility index (Phi) is 1.88. The number of hydrogen-bond donors (Lipinski definition) is 0. The van der Waals surface area contributed by atoms with Gasteiger partial charge in [0.25, 0.3) is 0 Å². The van der Waals surface area contributed by atoms with Crippen LogP contribution in [0.5, 0.6) is 0 Å². The van der Waals surface area contributed by atoms with Gasteiger partial charge >= 0.3 is 0 Å². The average Bonchev–Trinajstić information content (AvgIpc) is 2.50. The number of amides is 1. The van der Waals surface area contributed by atoms with Crippen LogP contribution in [0, 0.1) is 5.92 Å². The highest BCUT2D eigenvalue weighted by atomic mass is 16.5. The molecule has 3 heteroatoms. The highest BCUT2D eigenvalue weighted by Crippen LogP contribution is 2.39. The van der Waals surface area contributed by atoms with Gasteiger partial charge < -0.3 is 9.64 Å². The van der Waals surface area contributed by atoms with Crippen molar-refractivity contribution in [3.63, 3.8) is 0 Å². The lowest BCUT2D eigenvalue weighted by Gasteiger charge is -2.31. The Hall–Kier alpha value is -0.570. The zero-order valence-corrected chi connectivity index (χ0v) is 8.54. The molecule has 0 saturated carbocycles. The van der Waals surface area contributed by atoms with Crippen LogP contribution < -0.4 is 0 Å². The molecular formula is C10H17NO2. The standard InChI is InChI=1S/C10H17NO2/c1-7(2)8-6-13-10(3)5-4-9(12)11(8)10/h7-8H,4-6H2,1-3H3/t8?,10-/m1/s1. The third-order valence-corrected chi connectivity index (χ3v) is 3.25. The summed E-state index contributed by atoms with van der Waals surface area (Å²) in [4.78, 5) is 13.6. The summed E-state index contributed by atoms with van der Waals surface area (Å²) >= 11 is 0. The number of carbonyl (C=O) groups excluding carboxylic acids is 1. The summed E-state index contributed by atoms with van der Waals surface area (Å²) in [7, 11) is 0. The molecule has 2 aliphatic rings. The van der Waals surface area contributed by atoms with Crippen molar-refractivity contribution in [3.05, 3.63) is 0 Å². The van der Waals surface area contributed by atoms with Crippen LogP contribution in [0.25, 0.3) is 0 Å². The minimum absolute atomic E-state index is 0.263. The molecule has 0 aromatic rings. The largest absolute Gasteiger partial charge is 0.354 e. The molecule has 0 aliphatic carbocycles. The van der Waals surface area contributed by atoms with Crippen LogP contribution in [0.3, 0.4) is 0 Å². The van der Waals surface area contributed by atoms with Gasteiger partial charge in [0, 0.05) is 12.8 Å². The maximum Gasteiger partial charge on any atom is 0.225 e. The molecular weight excluding hydrogens is 166 g/mol. The van der Waals surface area contributed by atoms with E-state index in [4.69, 9.17) is 4.74 Å². The van der Waals surface area contributed by atoms with Crippen LogP contribution in [0.4, 0.5) is 0 Å². The molecule has 0 aromatic heterocycles. The molecule has 2 atom stereocenters. The molecule has 2 aliphatic heterocycles. The fourth-order valence-electron chi connectivity index (χ4n) is 2.35. The number of carbonyl (C=O) groups is 1. The molecule has 13 heavy (non-hydrogen) atoms. The molecule has 1 amide bonds. The number of ether oxygens (including phenoxy) is 1. The molecule has 0 spiro atoms. The van der Waals surface area contributed by atoms with Gasteiger partial charge in [-0.05, 0) is 12.8 Å². The van der Waals surface area contributed by atoms with Crippen molar-refractivity contribution in [2.45, 2.75) is 45.4 Å². The van der Waals surface area contributed by atoms with Crippen LogP contribution in [-0.4, -0.2) is 29.2 Å². The Bertz CT molecular complexity index is 239. The Morgan fingerprint density at radius 3 is 2.92 bits per heavy atom. The van der Waals surface area contributed by atoms with Gasteiger partial charge in [-0.1, -0.05) is 13.8 Å². The quantitative estimate of drug-likeness (QED) is 0.614. The SMILES string of the molecule is CC(C)C1CO[C@]2(C)CCC(=O)N12. The fourth-order valence-corrected chi connectivity index (χ4v) is 2.35. The molecule has 0 bridgehead atoms. The number of hydrogen-bond acceptors (Lipinski definition) is 2. The molecule has 0 radical (unpaired) electrons. The number of nitrogens with zero attached hydrogens (tertiary/aromatic N) is 1. The van der Waals surface area contributed by atoms with E-state index < -0.39 is 0 Å². The lowest BCUT2D eigenvalue weighted by Crippen LogP contribution is -2.45. The Balaban J connectivity index is 2.25. The topological polar surface area (TPSA) is 29.5 Å². The second-order valence-electron chi connectivity index (χ2n) is 4.56. The van der Waals surface area contributed by atoms with Crippen molar-refractivity contribution in [1.82, 2.24) is 4.90 Å². The Morgan fingerprint density at radius 1 is 1.62 bits per heavy atom. The lowest BCUT2D eigenvalue weighted by molar-refractivity contribution is -0.137. The highest BCUT2D eigenvalue weighted by molar-refractivity contribution is 5.80. The van der Waals surface area contributed by atoms with Crippen molar-refractivity contribution in [2.75, 3.05) is 6.61 Å². The van der Waals surface area contributed by atoms with Gasteiger partial charge in [-0.15, -0.1) is 0 Å². The predicted octanol–water partition coefficient (Wildman–Crippen LogP) is 1.38. The third kappa shape index (κ3) is 1.17. The van der Waals surface area contributed by atoms with Crippen LogP contribution in [0.15, 0.2) is 0 Å². The van der Waals surface area contributed by atoms with Gasteiger partial charge in [-0.25, -0.2) is 0 Å². The van der Waals surface area contributed by atoms with E-state index in [1.165, 1.54) is 0 Å². The van der Waals surface area contributed by atoms with Crippen LogP contribution in [0.1, 0.15) is 33.6 Å². The summed E-state index contributed by atoms with van der Waals surface area (Å²) in [6.45, 7) is 7.02. The maximum atomic E-state index is 11.6. The summed E-state index contributed by atoms with van der Waals surface area (Å²) in [6.07, 6.45) is 1.51. The number of rotatable bonds is 1. The van der Waals surface area contributed by atoms with Crippen molar-refractivity contribution in [2.24, 2.45) is 5.92 Å². The molecule has 0 N–H and O–H groups in total. The van der Waals surface area contributed by atoms with Gasteiger partial charge in [-0.3, -0.25) is 4.79 Å². The third-order valence-electron chi connectivity index (χ3n) is 3.25. The molecule has 74 valence electrons. The highest BCUT2D eigenvalue weighted by Gasteiger charge is 2.51. The van der Waals surface area contributed by atoms with E-state index in [-0.39, 0.29) is 11.6 Å². The first-order valence-electron chi connectivity index (χ1n) is 5.01. The summed E-state index contributed by atoms with van der Waals surface area (Å²) in [5, 5.41) is 0. The monoisotopic (exact) mass is 183 g/mol. The zero-order chi connectivity index (χ0) is 9.64. The van der Waals surface area contributed by atoms with E-state index >= 15 is 0 Å². The summed E-state index contributed by atoms with van der Waals surface area (Å²) in [5.74, 6) is 0.752.